The molecule has 0 N–H and O–H groups in total. The predicted molar refractivity (Wildman–Crippen MR) is 83.5 cm³/mol. The Bertz CT molecular complexity index is 513. The van der Waals surface area contributed by atoms with Crippen molar-refractivity contribution in [3.8, 4) is 0 Å². The van der Waals surface area contributed by atoms with Gasteiger partial charge >= 0.3 is 0 Å². The maximum atomic E-state index is 11.4. The predicted octanol–water partition coefficient (Wildman–Crippen LogP) is 3.74. The Hall–Kier alpha value is -1.67. The maximum absolute atomic E-state index is 11.4. The van der Waals surface area contributed by atoms with Gasteiger partial charge in [0.2, 0.25) is 0 Å². The van der Waals surface area contributed by atoms with E-state index in [9.17, 15) is 4.79 Å². The van der Waals surface area contributed by atoms with E-state index in [2.05, 4.69) is 47.4 Å². The zero-order valence-corrected chi connectivity index (χ0v) is 12.4. The standard InChI is InChI=1S/C18H23NO/c1-3-18(15(2)20)13-16-9-11-19(12-10-16)14-17-7-5-4-6-8-17/h4-9,13H,3,10-12,14H2,1-2H3. The number of nitrogens with zero attached hydrogens (tertiary/aromatic N) is 1. The molecule has 0 saturated heterocycles. The Kier molecular flexibility index (Phi) is 5.31. The molecule has 0 bridgehead atoms. The first-order valence-corrected chi connectivity index (χ1v) is 7.36. The van der Waals surface area contributed by atoms with Crippen LogP contribution in [0, 0.1) is 0 Å². The van der Waals surface area contributed by atoms with Gasteiger partial charge < -0.3 is 0 Å². The first kappa shape index (κ1) is 14.7. The van der Waals surface area contributed by atoms with Gasteiger partial charge in [-0.3, -0.25) is 9.69 Å². The maximum Gasteiger partial charge on any atom is 0.155 e. The topological polar surface area (TPSA) is 20.3 Å². The number of benzene rings is 1. The van der Waals surface area contributed by atoms with Gasteiger partial charge in [0.25, 0.3) is 0 Å². The minimum Gasteiger partial charge on any atom is -0.295 e. The van der Waals surface area contributed by atoms with Gasteiger partial charge in [0, 0.05) is 19.6 Å². The van der Waals surface area contributed by atoms with Crippen molar-refractivity contribution in [1.29, 1.82) is 0 Å². The van der Waals surface area contributed by atoms with Crippen LogP contribution < -0.4 is 0 Å². The van der Waals surface area contributed by atoms with Crippen LogP contribution in [0.1, 0.15) is 32.3 Å². The van der Waals surface area contributed by atoms with Gasteiger partial charge in [-0.1, -0.05) is 49.4 Å². The van der Waals surface area contributed by atoms with Crippen molar-refractivity contribution in [2.24, 2.45) is 0 Å². The fraction of sp³-hybridized carbons (Fsp3) is 0.389. The molecular formula is C18H23NO. The molecule has 0 atom stereocenters. The van der Waals surface area contributed by atoms with E-state index in [0.717, 1.165) is 38.0 Å². The molecule has 2 nitrogen and oxygen atoms in total. The Morgan fingerprint density at radius 1 is 1.30 bits per heavy atom. The first-order chi connectivity index (χ1) is 9.69. The molecule has 0 aliphatic carbocycles. The summed E-state index contributed by atoms with van der Waals surface area (Å²) in [7, 11) is 0. The van der Waals surface area contributed by atoms with E-state index in [1.807, 2.05) is 6.92 Å². The van der Waals surface area contributed by atoms with E-state index >= 15 is 0 Å². The first-order valence-electron chi connectivity index (χ1n) is 7.36. The second kappa shape index (κ2) is 7.20. The molecule has 1 heterocycles. The molecule has 106 valence electrons. The lowest BCUT2D eigenvalue weighted by atomic mass is 10.0. The molecule has 2 heteroatoms. The zero-order chi connectivity index (χ0) is 14.4. The molecule has 0 aromatic heterocycles. The van der Waals surface area contributed by atoms with Crippen molar-refractivity contribution >= 4 is 5.78 Å². The van der Waals surface area contributed by atoms with E-state index in [1.54, 1.807) is 6.92 Å². The van der Waals surface area contributed by atoms with E-state index in [0.29, 0.717) is 0 Å². The van der Waals surface area contributed by atoms with Crippen LogP contribution in [0.2, 0.25) is 0 Å². The highest BCUT2D eigenvalue weighted by atomic mass is 16.1. The number of rotatable bonds is 5. The second-order valence-electron chi connectivity index (χ2n) is 5.33. The van der Waals surface area contributed by atoms with Gasteiger partial charge in [0.15, 0.2) is 5.78 Å². The van der Waals surface area contributed by atoms with Crippen molar-refractivity contribution in [3.05, 3.63) is 59.2 Å². The molecule has 1 aliphatic rings. The van der Waals surface area contributed by atoms with E-state index in [1.165, 1.54) is 11.1 Å². The van der Waals surface area contributed by atoms with Gasteiger partial charge in [-0.25, -0.2) is 0 Å². The van der Waals surface area contributed by atoms with E-state index in [-0.39, 0.29) is 5.78 Å². The van der Waals surface area contributed by atoms with Crippen LogP contribution in [0.15, 0.2) is 53.6 Å². The van der Waals surface area contributed by atoms with Gasteiger partial charge in [0.1, 0.15) is 0 Å². The molecule has 0 unspecified atom stereocenters. The summed E-state index contributed by atoms with van der Waals surface area (Å²) < 4.78 is 0. The normalized spacial score (nSPS) is 16.9. The molecule has 0 spiro atoms. The van der Waals surface area contributed by atoms with Crippen LogP contribution in [0.4, 0.5) is 0 Å². The Labute approximate surface area is 121 Å². The van der Waals surface area contributed by atoms with Crippen LogP contribution in [-0.2, 0) is 11.3 Å². The van der Waals surface area contributed by atoms with Crippen molar-refractivity contribution in [3.63, 3.8) is 0 Å². The largest absolute Gasteiger partial charge is 0.295 e. The van der Waals surface area contributed by atoms with Crippen LogP contribution in [0.5, 0.6) is 0 Å². The van der Waals surface area contributed by atoms with Crippen LogP contribution in [0.3, 0.4) is 0 Å². The smallest absolute Gasteiger partial charge is 0.155 e. The van der Waals surface area contributed by atoms with Crippen molar-refractivity contribution < 1.29 is 4.79 Å². The van der Waals surface area contributed by atoms with Gasteiger partial charge in [-0.05, 0) is 36.5 Å². The third-order valence-electron chi connectivity index (χ3n) is 3.77. The lowest BCUT2D eigenvalue weighted by molar-refractivity contribution is -0.113. The van der Waals surface area contributed by atoms with Gasteiger partial charge in [-0.2, -0.15) is 0 Å². The zero-order valence-electron chi connectivity index (χ0n) is 12.4. The fourth-order valence-electron chi connectivity index (χ4n) is 2.52. The average molecular weight is 269 g/mol. The molecule has 2 rings (SSSR count). The van der Waals surface area contributed by atoms with Crippen molar-refractivity contribution in [2.75, 3.05) is 13.1 Å². The van der Waals surface area contributed by atoms with Crippen molar-refractivity contribution in [2.45, 2.75) is 33.2 Å². The van der Waals surface area contributed by atoms with Crippen LogP contribution >= 0.6 is 0 Å². The Morgan fingerprint density at radius 2 is 2.05 bits per heavy atom. The highest BCUT2D eigenvalue weighted by Crippen LogP contribution is 2.17. The molecule has 1 aliphatic heterocycles. The van der Waals surface area contributed by atoms with Crippen LogP contribution in [0.25, 0.3) is 0 Å². The lowest BCUT2D eigenvalue weighted by Gasteiger charge is -2.25. The quantitative estimate of drug-likeness (QED) is 0.759. The average Bonchev–Trinajstić information content (AvgIpc) is 2.47. The van der Waals surface area contributed by atoms with Gasteiger partial charge in [-0.15, -0.1) is 0 Å². The molecule has 0 saturated carbocycles. The minimum absolute atomic E-state index is 0.195. The second-order valence-corrected chi connectivity index (χ2v) is 5.33. The summed E-state index contributed by atoms with van der Waals surface area (Å²) >= 11 is 0. The monoisotopic (exact) mass is 269 g/mol. The van der Waals surface area contributed by atoms with Crippen molar-refractivity contribution in [1.82, 2.24) is 4.90 Å². The van der Waals surface area contributed by atoms with Gasteiger partial charge in [0.05, 0.1) is 0 Å². The summed E-state index contributed by atoms with van der Waals surface area (Å²) in [6, 6.07) is 10.6. The number of carbonyl (C=O) groups excluding carboxylic acids is 1. The SMILES string of the molecule is CCC(=CC1=CCN(Cc2ccccc2)CC1)C(C)=O. The van der Waals surface area contributed by atoms with E-state index < -0.39 is 0 Å². The molecule has 0 radical (unpaired) electrons. The Balaban J connectivity index is 1.95. The molecule has 20 heavy (non-hydrogen) atoms. The fourth-order valence-corrected chi connectivity index (χ4v) is 2.52. The third-order valence-corrected chi connectivity index (χ3v) is 3.77. The number of Topliss-reactive ketones (excluding diaryl/α,β-unsaturated/α-hetero) is 1. The summed E-state index contributed by atoms with van der Waals surface area (Å²) in [6.07, 6.45) is 6.19. The highest BCUT2D eigenvalue weighted by Gasteiger charge is 2.11. The number of carbonyl (C=O) groups is 1. The molecule has 1 aromatic carbocycles. The number of allylic oxidation sites excluding steroid dienone is 2. The molecule has 0 fully saturated rings. The van der Waals surface area contributed by atoms with Crippen LogP contribution in [-0.4, -0.2) is 23.8 Å². The van der Waals surface area contributed by atoms with E-state index in [4.69, 9.17) is 0 Å². The highest BCUT2D eigenvalue weighted by molar-refractivity contribution is 5.93. The molecule has 0 amide bonds. The summed E-state index contributed by atoms with van der Waals surface area (Å²) in [5, 5.41) is 0. The molecular weight excluding hydrogens is 246 g/mol. The summed E-state index contributed by atoms with van der Waals surface area (Å²) in [5.74, 6) is 0.195. The summed E-state index contributed by atoms with van der Waals surface area (Å²) in [6.45, 7) is 6.72. The third kappa shape index (κ3) is 4.17. The number of hydrogen-bond acceptors (Lipinski definition) is 2. The number of ketones is 1. The molecule has 1 aromatic rings. The Morgan fingerprint density at radius 3 is 2.60 bits per heavy atom. The summed E-state index contributed by atoms with van der Waals surface area (Å²) in [4.78, 5) is 13.9. The lowest BCUT2D eigenvalue weighted by Crippen LogP contribution is -2.28. The minimum atomic E-state index is 0.195. The number of hydrogen-bond donors (Lipinski definition) is 0. The summed E-state index contributed by atoms with van der Waals surface area (Å²) in [5.41, 5.74) is 3.60.